The molecule has 2 saturated heterocycles. The Balaban J connectivity index is 1.61. The molecule has 2 fully saturated rings. The van der Waals surface area contributed by atoms with Gasteiger partial charge in [0.05, 0.1) is 23.9 Å². The molecule has 9 heteroatoms. The van der Waals surface area contributed by atoms with Crippen molar-refractivity contribution < 1.29 is 9.90 Å². The van der Waals surface area contributed by atoms with Gasteiger partial charge in [-0.15, -0.1) is 0 Å². The molecule has 4 rings (SSSR count). The van der Waals surface area contributed by atoms with Gasteiger partial charge in [0.25, 0.3) is 0 Å². The van der Waals surface area contributed by atoms with Gasteiger partial charge in [-0.3, -0.25) is 4.79 Å². The Morgan fingerprint density at radius 2 is 2.13 bits per heavy atom. The summed E-state index contributed by atoms with van der Waals surface area (Å²) >= 11 is 0. The van der Waals surface area contributed by atoms with Gasteiger partial charge in [0.15, 0.2) is 5.65 Å². The Morgan fingerprint density at radius 1 is 1.33 bits per heavy atom. The summed E-state index contributed by atoms with van der Waals surface area (Å²) in [6.07, 6.45) is 5.47. The first-order valence-electron chi connectivity index (χ1n) is 10.9. The van der Waals surface area contributed by atoms with E-state index in [1.54, 1.807) is 11.4 Å². The normalized spacial score (nSPS) is 24.4. The predicted molar refractivity (Wildman–Crippen MR) is 115 cm³/mol. The van der Waals surface area contributed by atoms with Crippen LogP contribution in [0.15, 0.2) is 12.3 Å². The molecule has 2 aliphatic rings. The number of aryl methyl sites for hydroxylation is 1. The zero-order valence-corrected chi connectivity index (χ0v) is 17.9. The molecular formula is C21H33N7O2. The number of anilines is 1. The van der Waals surface area contributed by atoms with Crippen molar-refractivity contribution in [2.24, 2.45) is 11.5 Å². The summed E-state index contributed by atoms with van der Waals surface area (Å²) < 4.78 is 1.80. The molecule has 9 nitrogen and oxygen atoms in total. The van der Waals surface area contributed by atoms with Gasteiger partial charge < -0.3 is 26.4 Å². The largest absolute Gasteiger partial charge is 0.393 e. The van der Waals surface area contributed by atoms with Gasteiger partial charge in [-0.25, -0.2) is 9.50 Å². The van der Waals surface area contributed by atoms with Gasteiger partial charge in [-0.05, 0) is 46.0 Å². The SMILES string of the molecule is Cc1cn2nc([C@@H]3CCCCN3C(=O)C(N)CC(C)O)cc2nc1N1CC[C@H](N)C1. The standard InChI is InChI=1S/C21H33N7O2/c1-13-11-28-19(24-20(13)26-8-6-15(22)12-26)10-17(25-28)18-5-3-4-7-27(18)21(30)16(23)9-14(2)29/h10-11,14-16,18,29H,3-9,12,22-23H2,1-2H3/t14?,15-,16?,18-/m0/s1. The summed E-state index contributed by atoms with van der Waals surface area (Å²) in [4.78, 5) is 21.9. The molecule has 5 N–H and O–H groups in total. The number of aliphatic hydroxyl groups excluding tert-OH is 1. The van der Waals surface area contributed by atoms with Crippen molar-refractivity contribution in [1.29, 1.82) is 0 Å². The van der Waals surface area contributed by atoms with Crippen LogP contribution in [0.3, 0.4) is 0 Å². The zero-order valence-electron chi connectivity index (χ0n) is 17.9. The second kappa shape index (κ2) is 8.49. The number of hydrogen-bond donors (Lipinski definition) is 3. The van der Waals surface area contributed by atoms with Crippen molar-refractivity contribution in [2.75, 3.05) is 24.5 Å². The summed E-state index contributed by atoms with van der Waals surface area (Å²) in [6.45, 7) is 6.09. The molecule has 0 radical (unpaired) electrons. The average Bonchev–Trinajstić information content (AvgIpc) is 3.31. The Labute approximate surface area is 177 Å². The van der Waals surface area contributed by atoms with Crippen LogP contribution in [0.25, 0.3) is 5.65 Å². The average molecular weight is 416 g/mol. The Bertz CT molecular complexity index is 912. The van der Waals surface area contributed by atoms with Crippen molar-refractivity contribution in [3.8, 4) is 0 Å². The van der Waals surface area contributed by atoms with Gasteiger partial charge in [-0.1, -0.05) is 0 Å². The van der Waals surface area contributed by atoms with E-state index >= 15 is 0 Å². The maximum Gasteiger partial charge on any atom is 0.240 e. The number of fused-ring (bicyclic) bond motifs is 1. The zero-order chi connectivity index (χ0) is 21.4. The van der Waals surface area contributed by atoms with E-state index in [0.29, 0.717) is 6.54 Å². The van der Waals surface area contributed by atoms with E-state index in [1.165, 1.54) is 0 Å². The maximum atomic E-state index is 13.0. The molecule has 0 spiro atoms. The Morgan fingerprint density at radius 3 is 2.83 bits per heavy atom. The number of rotatable bonds is 5. The molecule has 1 amide bonds. The van der Waals surface area contributed by atoms with E-state index in [-0.39, 0.29) is 24.4 Å². The number of likely N-dealkylation sites (tertiary alicyclic amines) is 1. The van der Waals surface area contributed by atoms with Crippen LogP contribution in [0.4, 0.5) is 5.82 Å². The lowest BCUT2D eigenvalue weighted by molar-refractivity contribution is -0.137. The molecule has 0 aliphatic carbocycles. The Kier molecular flexibility index (Phi) is 5.95. The smallest absolute Gasteiger partial charge is 0.240 e. The van der Waals surface area contributed by atoms with Crippen molar-refractivity contribution in [3.05, 3.63) is 23.5 Å². The van der Waals surface area contributed by atoms with Crippen LogP contribution in [0.5, 0.6) is 0 Å². The fourth-order valence-electron chi connectivity index (χ4n) is 4.67. The van der Waals surface area contributed by atoms with E-state index < -0.39 is 12.1 Å². The quantitative estimate of drug-likeness (QED) is 0.657. The predicted octanol–water partition coefficient (Wildman–Crippen LogP) is 0.727. The molecule has 2 unspecified atom stereocenters. The molecule has 30 heavy (non-hydrogen) atoms. The van der Waals surface area contributed by atoms with Crippen molar-refractivity contribution in [2.45, 2.75) is 70.2 Å². The molecule has 164 valence electrons. The number of hydrogen-bond acceptors (Lipinski definition) is 7. The van der Waals surface area contributed by atoms with Gasteiger partial charge in [0.1, 0.15) is 5.82 Å². The van der Waals surface area contributed by atoms with Crippen LogP contribution in [0, 0.1) is 6.92 Å². The second-order valence-corrected chi connectivity index (χ2v) is 8.85. The highest BCUT2D eigenvalue weighted by atomic mass is 16.3. The summed E-state index contributed by atoms with van der Waals surface area (Å²) in [5.74, 6) is 0.839. The first-order chi connectivity index (χ1) is 14.3. The van der Waals surface area contributed by atoms with E-state index in [2.05, 4.69) is 4.90 Å². The van der Waals surface area contributed by atoms with Crippen LogP contribution >= 0.6 is 0 Å². The van der Waals surface area contributed by atoms with Crippen LogP contribution in [0.1, 0.15) is 56.3 Å². The number of amides is 1. The molecule has 2 aliphatic heterocycles. The number of aliphatic hydroxyl groups is 1. The van der Waals surface area contributed by atoms with Crippen LogP contribution in [-0.4, -0.2) is 68.3 Å². The lowest BCUT2D eigenvalue weighted by Crippen LogP contribution is -2.48. The van der Waals surface area contributed by atoms with Crippen molar-refractivity contribution >= 4 is 17.4 Å². The highest BCUT2D eigenvalue weighted by molar-refractivity contribution is 5.82. The first-order valence-corrected chi connectivity index (χ1v) is 10.9. The van der Waals surface area contributed by atoms with Gasteiger partial charge in [0.2, 0.25) is 5.91 Å². The summed E-state index contributed by atoms with van der Waals surface area (Å²) in [7, 11) is 0. The van der Waals surface area contributed by atoms with Crippen LogP contribution in [0.2, 0.25) is 0 Å². The monoisotopic (exact) mass is 415 g/mol. The van der Waals surface area contributed by atoms with Crippen LogP contribution in [-0.2, 0) is 4.79 Å². The highest BCUT2D eigenvalue weighted by Gasteiger charge is 2.33. The summed E-state index contributed by atoms with van der Waals surface area (Å²) in [5.41, 5.74) is 14.8. The number of aromatic nitrogens is 3. The van der Waals surface area contributed by atoms with Crippen molar-refractivity contribution in [3.63, 3.8) is 0 Å². The number of carbonyl (C=O) groups excluding carboxylic acids is 1. The van der Waals surface area contributed by atoms with E-state index in [0.717, 1.165) is 61.5 Å². The molecular weight excluding hydrogens is 382 g/mol. The lowest BCUT2D eigenvalue weighted by Gasteiger charge is -2.36. The second-order valence-electron chi connectivity index (χ2n) is 8.85. The summed E-state index contributed by atoms with van der Waals surface area (Å²) in [5, 5.41) is 14.4. The number of nitrogens with zero attached hydrogens (tertiary/aromatic N) is 5. The minimum Gasteiger partial charge on any atom is -0.393 e. The Hall–Kier alpha value is -2.23. The molecule has 0 bridgehead atoms. The van der Waals surface area contributed by atoms with E-state index in [4.69, 9.17) is 21.5 Å². The minimum absolute atomic E-state index is 0.114. The molecule has 2 aromatic heterocycles. The summed E-state index contributed by atoms with van der Waals surface area (Å²) in [6, 6.07) is 1.36. The van der Waals surface area contributed by atoms with Gasteiger partial charge in [0, 0.05) is 43.5 Å². The minimum atomic E-state index is -0.700. The van der Waals surface area contributed by atoms with Crippen molar-refractivity contribution in [1.82, 2.24) is 19.5 Å². The topological polar surface area (TPSA) is 126 Å². The third kappa shape index (κ3) is 4.14. The highest BCUT2D eigenvalue weighted by Crippen LogP contribution is 2.32. The van der Waals surface area contributed by atoms with E-state index in [9.17, 15) is 9.90 Å². The number of nitrogens with two attached hydrogens (primary N) is 2. The molecule has 0 saturated carbocycles. The molecule has 0 aromatic carbocycles. The maximum absolute atomic E-state index is 13.0. The molecule has 4 heterocycles. The van der Waals surface area contributed by atoms with Crippen LogP contribution < -0.4 is 16.4 Å². The first kappa shape index (κ1) is 21.0. The molecule has 2 aromatic rings. The number of carbonyl (C=O) groups is 1. The fourth-order valence-corrected chi connectivity index (χ4v) is 4.67. The third-order valence-corrected chi connectivity index (χ3v) is 6.19. The lowest BCUT2D eigenvalue weighted by atomic mass is 9.97. The number of piperidine rings is 1. The molecule has 4 atom stereocenters. The van der Waals surface area contributed by atoms with Gasteiger partial charge >= 0.3 is 0 Å². The third-order valence-electron chi connectivity index (χ3n) is 6.19. The van der Waals surface area contributed by atoms with E-state index in [1.807, 2.05) is 24.1 Å². The van der Waals surface area contributed by atoms with Gasteiger partial charge in [-0.2, -0.15) is 5.10 Å². The fraction of sp³-hybridized carbons (Fsp3) is 0.667.